The smallest absolute Gasteiger partial charge is 0.257 e. The Bertz CT molecular complexity index is 667. The second-order valence-electron chi connectivity index (χ2n) is 5.51. The first kappa shape index (κ1) is 16.9. The zero-order valence-corrected chi connectivity index (χ0v) is 13.9. The molecule has 2 rings (SSSR count). The fourth-order valence-corrected chi connectivity index (χ4v) is 2.23. The second-order valence-corrected chi connectivity index (χ2v) is 5.51. The van der Waals surface area contributed by atoms with Gasteiger partial charge in [-0.25, -0.2) is 0 Å². The summed E-state index contributed by atoms with van der Waals surface area (Å²) < 4.78 is 10.8. The van der Waals surface area contributed by atoms with Crippen LogP contribution in [0.1, 0.15) is 16.7 Å². The highest BCUT2D eigenvalue weighted by molar-refractivity contribution is 5.77. The number of ether oxygens (including phenoxy) is 2. The van der Waals surface area contributed by atoms with Crippen molar-refractivity contribution in [1.29, 1.82) is 0 Å². The molecule has 0 heterocycles. The number of benzene rings is 2. The first-order chi connectivity index (χ1) is 11.1. The van der Waals surface area contributed by atoms with Crippen LogP contribution in [0.3, 0.4) is 0 Å². The summed E-state index contributed by atoms with van der Waals surface area (Å²) in [6.07, 6.45) is 0.756. The van der Waals surface area contributed by atoms with Crippen LogP contribution in [0.2, 0.25) is 0 Å². The van der Waals surface area contributed by atoms with Gasteiger partial charge in [-0.15, -0.1) is 0 Å². The van der Waals surface area contributed by atoms with Crippen molar-refractivity contribution in [2.24, 2.45) is 0 Å². The topological polar surface area (TPSA) is 47.6 Å². The summed E-state index contributed by atoms with van der Waals surface area (Å²) >= 11 is 0. The molecule has 2 aromatic carbocycles. The molecular formula is C19H23NO3. The van der Waals surface area contributed by atoms with Gasteiger partial charge in [-0.2, -0.15) is 0 Å². The van der Waals surface area contributed by atoms with Crippen LogP contribution < -0.4 is 14.8 Å². The summed E-state index contributed by atoms with van der Waals surface area (Å²) in [6, 6.07) is 13.8. The predicted molar refractivity (Wildman–Crippen MR) is 91.1 cm³/mol. The zero-order chi connectivity index (χ0) is 16.7. The van der Waals surface area contributed by atoms with E-state index in [-0.39, 0.29) is 12.5 Å². The molecular weight excluding hydrogens is 290 g/mol. The van der Waals surface area contributed by atoms with Crippen molar-refractivity contribution in [2.75, 3.05) is 20.3 Å². The molecule has 0 fully saturated rings. The van der Waals surface area contributed by atoms with Crippen molar-refractivity contribution in [1.82, 2.24) is 5.32 Å². The Kier molecular flexibility index (Phi) is 6.03. The van der Waals surface area contributed by atoms with Gasteiger partial charge in [-0.05, 0) is 55.2 Å². The number of carbonyl (C=O) groups excluding carboxylic acids is 1. The largest absolute Gasteiger partial charge is 0.497 e. The first-order valence-corrected chi connectivity index (χ1v) is 7.68. The fourth-order valence-electron chi connectivity index (χ4n) is 2.23. The lowest BCUT2D eigenvalue weighted by Gasteiger charge is -2.10. The molecule has 0 bridgehead atoms. The summed E-state index contributed by atoms with van der Waals surface area (Å²) in [5, 5.41) is 2.87. The molecule has 0 radical (unpaired) electrons. The lowest BCUT2D eigenvalue weighted by atomic mass is 10.1. The molecule has 23 heavy (non-hydrogen) atoms. The van der Waals surface area contributed by atoms with Crippen LogP contribution in [0.15, 0.2) is 42.5 Å². The average molecular weight is 313 g/mol. The third-order valence-corrected chi connectivity index (χ3v) is 3.57. The lowest BCUT2D eigenvalue weighted by Crippen LogP contribution is -2.30. The number of carbonyl (C=O) groups is 1. The average Bonchev–Trinajstić information content (AvgIpc) is 2.56. The molecule has 2 aromatic rings. The number of amides is 1. The minimum absolute atomic E-state index is 0.0302. The van der Waals surface area contributed by atoms with Gasteiger partial charge in [0.05, 0.1) is 7.11 Å². The first-order valence-electron chi connectivity index (χ1n) is 7.68. The number of nitrogens with one attached hydrogen (secondary N) is 1. The monoisotopic (exact) mass is 313 g/mol. The molecule has 4 heteroatoms. The van der Waals surface area contributed by atoms with Crippen molar-refractivity contribution in [3.05, 3.63) is 59.2 Å². The Balaban J connectivity index is 1.75. The van der Waals surface area contributed by atoms with Crippen LogP contribution in [0.4, 0.5) is 0 Å². The maximum Gasteiger partial charge on any atom is 0.257 e. The highest BCUT2D eigenvalue weighted by Gasteiger charge is 2.05. The quantitative estimate of drug-likeness (QED) is 0.854. The van der Waals surface area contributed by atoms with E-state index in [0.29, 0.717) is 6.54 Å². The summed E-state index contributed by atoms with van der Waals surface area (Å²) in [4.78, 5) is 11.9. The van der Waals surface area contributed by atoms with Gasteiger partial charge < -0.3 is 14.8 Å². The minimum Gasteiger partial charge on any atom is -0.497 e. The molecule has 122 valence electrons. The molecule has 1 amide bonds. The molecule has 0 aliphatic rings. The molecule has 4 nitrogen and oxygen atoms in total. The molecule has 0 saturated heterocycles. The van der Waals surface area contributed by atoms with Crippen molar-refractivity contribution < 1.29 is 14.3 Å². The lowest BCUT2D eigenvalue weighted by molar-refractivity contribution is -0.123. The van der Waals surface area contributed by atoms with Crippen LogP contribution in [0.5, 0.6) is 11.5 Å². The molecule has 0 saturated carbocycles. The van der Waals surface area contributed by atoms with Crippen molar-refractivity contribution in [2.45, 2.75) is 20.3 Å². The number of rotatable bonds is 7. The van der Waals surface area contributed by atoms with Crippen LogP contribution in [0.25, 0.3) is 0 Å². The highest BCUT2D eigenvalue weighted by Crippen LogP contribution is 2.18. The Morgan fingerprint density at radius 1 is 1.13 bits per heavy atom. The standard InChI is InChI=1S/C19H23NO3/c1-14-7-8-15(2)18(11-14)23-13-19(21)20-10-9-16-5-4-6-17(12-16)22-3/h4-8,11-12H,9-10,13H2,1-3H3,(H,20,21). The van der Waals surface area contributed by atoms with E-state index in [1.165, 1.54) is 0 Å². The van der Waals surface area contributed by atoms with Crippen LogP contribution in [0, 0.1) is 13.8 Å². The SMILES string of the molecule is COc1cccc(CCNC(=O)COc2cc(C)ccc2C)c1. The van der Waals surface area contributed by atoms with E-state index in [1.54, 1.807) is 7.11 Å². The van der Waals surface area contributed by atoms with Gasteiger partial charge in [0.2, 0.25) is 0 Å². The van der Waals surface area contributed by atoms with Crippen molar-refractivity contribution in [3.63, 3.8) is 0 Å². The minimum atomic E-state index is -0.117. The van der Waals surface area contributed by atoms with E-state index in [2.05, 4.69) is 5.32 Å². The van der Waals surface area contributed by atoms with E-state index < -0.39 is 0 Å². The van der Waals surface area contributed by atoms with E-state index >= 15 is 0 Å². The maximum absolute atomic E-state index is 11.9. The van der Waals surface area contributed by atoms with Crippen LogP contribution in [-0.2, 0) is 11.2 Å². The van der Waals surface area contributed by atoms with Gasteiger partial charge in [0, 0.05) is 6.54 Å². The highest BCUT2D eigenvalue weighted by atomic mass is 16.5. The molecule has 1 N–H and O–H groups in total. The summed E-state index contributed by atoms with van der Waals surface area (Å²) in [5.74, 6) is 1.47. The Morgan fingerprint density at radius 2 is 1.96 bits per heavy atom. The Labute approximate surface area is 137 Å². The number of aryl methyl sites for hydroxylation is 2. The van der Waals surface area contributed by atoms with Crippen LogP contribution in [-0.4, -0.2) is 26.2 Å². The molecule has 0 aliphatic carbocycles. The third-order valence-electron chi connectivity index (χ3n) is 3.57. The fraction of sp³-hybridized carbons (Fsp3) is 0.316. The summed E-state index contributed by atoms with van der Waals surface area (Å²) in [7, 11) is 1.64. The van der Waals surface area contributed by atoms with Gasteiger partial charge in [-0.1, -0.05) is 24.3 Å². The van der Waals surface area contributed by atoms with Crippen LogP contribution >= 0.6 is 0 Å². The molecule has 0 spiro atoms. The number of hydrogen-bond acceptors (Lipinski definition) is 3. The zero-order valence-electron chi connectivity index (χ0n) is 13.9. The van der Waals surface area contributed by atoms with E-state index in [9.17, 15) is 4.79 Å². The summed E-state index contributed by atoms with van der Waals surface area (Å²) in [6.45, 7) is 4.57. The Morgan fingerprint density at radius 3 is 2.74 bits per heavy atom. The Hall–Kier alpha value is -2.49. The molecule has 0 aliphatic heterocycles. The van der Waals surface area contributed by atoms with Crippen molar-refractivity contribution in [3.8, 4) is 11.5 Å². The predicted octanol–water partition coefficient (Wildman–Crippen LogP) is 3.05. The summed E-state index contributed by atoms with van der Waals surface area (Å²) in [5.41, 5.74) is 3.27. The van der Waals surface area contributed by atoms with E-state index in [0.717, 1.165) is 34.6 Å². The second kappa shape index (κ2) is 8.22. The third kappa shape index (κ3) is 5.33. The van der Waals surface area contributed by atoms with E-state index in [1.807, 2.05) is 56.3 Å². The molecule has 0 atom stereocenters. The van der Waals surface area contributed by atoms with Gasteiger partial charge in [0.1, 0.15) is 11.5 Å². The maximum atomic E-state index is 11.9. The van der Waals surface area contributed by atoms with E-state index in [4.69, 9.17) is 9.47 Å². The molecule has 0 unspecified atom stereocenters. The normalized spacial score (nSPS) is 10.2. The van der Waals surface area contributed by atoms with Gasteiger partial charge in [0.15, 0.2) is 6.61 Å². The van der Waals surface area contributed by atoms with Gasteiger partial charge >= 0.3 is 0 Å². The van der Waals surface area contributed by atoms with Gasteiger partial charge in [-0.3, -0.25) is 4.79 Å². The number of methoxy groups -OCH3 is 1. The molecule has 0 aromatic heterocycles. The van der Waals surface area contributed by atoms with Crippen molar-refractivity contribution >= 4 is 5.91 Å². The number of hydrogen-bond donors (Lipinski definition) is 1. The van der Waals surface area contributed by atoms with Gasteiger partial charge in [0.25, 0.3) is 5.91 Å².